The van der Waals surface area contributed by atoms with Gasteiger partial charge in [0, 0.05) is 36.9 Å². The second-order valence-electron chi connectivity index (χ2n) is 4.95. The molecule has 102 valence electrons. The van der Waals surface area contributed by atoms with Crippen LogP contribution in [-0.4, -0.2) is 34.9 Å². The van der Waals surface area contributed by atoms with Crippen LogP contribution in [0.1, 0.15) is 36.4 Å². The van der Waals surface area contributed by atoms with Gasteiger partial charge >= 0.3 is 0 Å². The number of thiazole rings is 1. The van der Waals surface area contributed by atoms with E-state index in [2.05, 4.69) is 9.88 Å². The minimum absolute atomic E-state index is 0.0172. The molecule has 1 aliphatic heterocycles. The molecule has 3 nitrogen and oxygen atoms in total. The molecule has 2 N–H and O–H groups in total. The summed E-state index contributed by atoms with van der Waals surface area (Å²) in [5.41, 5.74) is 8.59. The van der Waals surface area contributed by atoms with Crippen molar-refractivity contribution in [2.24, 2.45) is 5.73 Å². The molecule has 18 heavy (non-hydrogen) atoms. The third kappa shape index (κ3) is 2.70. The van der Waals surface area contributed by atoms with Crippen LogP contribution >= 0.6 is 11.3 Å². The predicted octanol–water partition coefficient (Wildman–Crippen LogP) is 2.57. The van der Waals surface area contributed by atoms with Gasteiger partial charge in [-0.3, -0.25) is 4.90 Å². The molecule has 2 heterocycles. The molecule has 0 saturated carbocycles. The second-order valence-corrected chi connectivity index (χ2v) is 5.84. The fourth-order valence-electron chi connectivity index (χ4n) is 2.65. The summed E-state index contributed by atoms with van der Waals surface area (Å²) in [5.74, 6) is -2.53. The number of halogens is 2. The number of aryl methyl sites for hydroxylation is 1. The van der Waals surface area contributed by atoms with Crippen LogP contribution in [0.25, 0.3) is 0 Å². The molecule has 1 fully saturated rings. The Labute approximate surface area is 110 Å². The van der Waals surface area contributed by atoms with Crippen molar-refractivity contribution in [3.8, 4) is 0 Å². The van der Waals surface area contributed by atoms with E-state index in [4.69, 9.17) is 5.73 Å². The fourth-order valence-corrected chi connectivity index (χ4v) is 3.59. The predicted molar refractivity (Wildman–Crippen MR) is 69.0 cm³/mol. The molecule has 1 aliphatic rings. The molecule has 2 rings (SSSR count). The third-order valence-electron chi connectivity index (χ3n) is 3.60. The maximum absolute atomic E-state index is 13.3. The van der Waals surface area contributed by atoms with Gasteiger partial charge in [0.15, 0.2) is 0 Å². The van der Waals surface area contributed by atoms with Crippen molar-refractivity contribution in [3.05, 3.63) is 16.1 Å². The van der Waals surface area contributed by atoms with Crippen LogP contribution in [0.4, 0.5) is 8.78 Å². The highest BCUT2D eigenvalue weighted by atomic mass is 32.1. The summed E-state index contributed by atoms with van der Waals surface area (Å²) >= 11 is 1.56. The van der Waals surface area contributed by atoms with Crippen LogP contribution in [0.2, 0.25) is 0 Å². The zero-order valence-electron chi connectivity index (χ0n) is 10.7. The quantitative estimate of drug-likeness (QED) is 0.922. The number of rotatable bonds is 3. The normalized spacial score (nSPS) is 26.2. The van der Waals surface area contributed by atoms with Gasteiger partial charge in [0.05, 0.1) is 17.2 Å². The number of aromatic nitrogens is 1. The van der Waals surface area contributed by atoms with E-state index in [1.54, 1.807) is 16.8 Å². The van der Waals surface area contributed by atoms with E-state index < -0.39 is 5.92 Å². The minimum Gasteiger partial charge on any atom is -0.329 e. The SMILES string of the molecule is Cc1ncsc1C(CN)N1CCC(F)(F)CC1C. The van der Waals surface area contributed by atoms with E-state index >= 15 is 0 Å². The molecule has 1 saturated heterocycles. The lowest BCUT2D eigenvalue weighted by Crippen LogP contribution is -2.48. The van der Waals surface area contributed by atoms with Gasteiger partial charge in [-0.25, -0.2) is 13.8 Å². The van der Waals surface area contributed by atoms with Crippen LogP contribution in [-0.2, 0) is 0 Å². The van der Waals surface area contributed by atoms with Crippen molar-refractivity contribution >= 4 is 11.3 Å². The zero-order chi connectivity index (χ0) is 13.3. The minimum atomic E-state index is -2.53. The number of hydrogen-bond donors (Lipinski definition) is 1. The largest absolute Gasteiger partial charge is 0.329 e. The number of nitrogens with two attached hydrogens (primary N) is 1. The highest BCUT2D eigenvalue weighted by Gasteiger charge is 2.41. The van der Waals surface area contributed by atoms with E-state index in [0.29, 0.717) is 13.1 Å². The number of likely N-dealkylation sites (tertiary alicyclic amines) is 1. The lowest BCUT2D eigenvalue weighted by molar-refractivity contribution is -0.0837. The Hall–Kier alpha value is -0.590. The average Bonchev–Trinajstić information content (AvgIpc) is 2.68. The van der Waals surface area contributed by atoms with E-state index in [1.165, 1.54) is 0 Å². The van der Waals surface area contributed by atoms with Gasteiger partial charge in [0.1, 0.15) is 0 Å². The summed E-state index contributed by atoms with van der Waals surface area (Å²) in [6.07, 6.45) is -0.160. The first-order valence-corrected chi connectivity index (χ1v) is 7.06. The molecule has 0 aromatic carbocycles. The standard InChI is InChI=1S/C12H19F2N3S/c1-8-5-12(13,14)3-4-17(8)10(6-15)11-9(2)16-7-18-11/h7-8,10H,3-6,15H2,1-2H3. The first-order valence-electron chi connectivity index (χ1n) is 6.18. The summed E-state index contributed by atoms with van der Waals surface area (Å²) in [6.45, 7) is 4.64. The average molecular weight is 275 g/mol. The summed E-state index contributed by atoms with van der Waals surface area (Å²) in [4.78, 5) is 7.42. The van der Waals surface area contributed by atoms with E-state index in [-0.39, 0.29) is 24.9 Å². The van der Waals surface area contributed by atoms with Crippen LogP contribution < -0.4 is 5.73 Å². The number of nitrogens with zero attached hydrogens (tertiary/aromatic N) is 2. The van der Waals surface area contributed by atoms with Crippen LogP contribution in [0.15, 0.2) is 5.51 Å². The molecule has 0 bridgehead atoms. The Bertz CT molecular complexity index is 408. The Kier molecular flexibility index (Phi) is 3.99. The maximum Gasteiger partial charge on any atom is 0.250 e. The van der Waals surface area contributed by atoms with Crippen LogP contribution in [0.3, 0.4) is 0 Å². The molecule has 0 radical (unpaired) electrons. The Morgan fingerprint density at radius 3 is 2.89 bits per heavy atom. The monoisotopic (exact) mass is 275 g/mol. The van der Waals surface area contributed by atoms with Gasteiger partial charge in [-0.15, -0.1) is 11.3 Å². The van der Waals surface area contributed by atoms with Crippen molar-refractivity contribution in [2.45, 2.75) is 44.7 Å². The zero-order valence-corrected chi connectivity index (χ0v) is 11.5. The second kappa shape index (κ2) is 5.19. The first-order chi connectivity index (χ1) is 8.44. The molecule has 1 aromatic rings. The fraction of sp³-hybridized carbons (Fsp3) is 0.750. The Morgan fingerprint density at radius 1 is 1.67 bits per heavy atom. The molecular formula is C12H19F2N3S. The smallest absolute Gasteiger partial charge is 0.250 e. The third-order valence-corrected chi connectivity index (χ3v) is 4.64. The molecule has 0 spiro atoms. The van der Waals surface area contributed by atoms with Gasteiger partial charge in [-0.2, -0.15) is 0 Å². The topological polar surface area (TPSA) is 42.1 Å². The van der Waals surface area contributed by atoms with E-state index in [1.807, 2.05) is 13.8 Å². The Balaban J connectivity index is 2.17. The summed E-state index contributed by atoms with van der Waals surface area (Å²) in [5, 5.41) is 0. The lowest BCUT2D eigenvalue weighted by Gasteiger charge is -2.41. The van der Waals surface area contributed by atoms with Gasteiger partial charge in [-0.05, 0) is 13.8 Å². The van der Waals surface area contributed by atoms with Crippen LogP contribution in [0.5, 0.6) is 0 Å². The molecule has 0 amide bonds. The molecule has 1 aromatic heterocycles. The van der Waals surface area contributed by atoms with Crippen molar-refractivity contribution in [3.63, 3.8) is 0 Å². The number of hydrogen-bond acceptors (Lipinski definition) is 4. The molecular weight excluding hydrogens is 256 g/mol. The van der Waals surface area contributed by atoms with Gasteiger partial charge < -0.3 is 5.73 Å². The van der Waals surface area contributed by atoms with Gasteiger partial charge in [-0.1, -0.05) is 0 Å². The molecule has 0 aliphatic carbocycles. The summed E-state index contributed by atoms with van der Waals surface area (Å²) in [7, 11) is 0. The van der Waals surface area contributed by atoms with Crippen molar-refractivity contribution in [1.82, 2.24) is 9.88 Å². The van der Waals surface area contributed by atoms with Gasteiger partial charge in [0.25, 0.3) is 5.92 Å². The number of piperidine rings is 1. The summed E-state index contributed by atoms with van der Waals surface area (Å²) in [6, 6.07) is -0.132. The van der Waals surface area contributed by atoms with Gasteiger partial charge in [0.2, 0.25) is 0 Å². The molecule has 2 atom stereocenters. The number of alkyl halides is 2. The van der Waals surface area contributed by atoms with Crippen molar-refractivity contribution < 1.29 is 8.78 Å². The highest BCUT2D eigenvalue weighted by Crippen LogP contribution is 2.37. The highest BCUT2D eigenvalue weighted by molar-refractivity contribution is 7.09. The van der Waals surface area contributed by atoms with Crippen molar-refractivity contribution in [1.29, 1.82) is 0 Å². The van der Waals surface area contributed by atoms with E-state index in [9.17, 15) is 8.78 Å². The summed E-state index contributed by atoms with van der Waals surface area (Å²) < 4.78 is 26.7. The lowest BCUT2D eigenvalue weighted by atomic mass is 9.97. The first kappa shape index (κ1) is 13.8. The Morgan fingerprint density at radius 2 is 2.39 bits per heavy atom. The molecule has 6 heteroatoms. The van der Waals surface area contributed by atoms with Crippen molar-refractivity contribution in [2.75, 3.05) is 13.1 Å². The van der Waals surface area contributed by atoms with E-state index in [0.717, 1.165) is 10.6 Å². The molecule has 2 unspecified atom stereocenters. The van der Waals surface area contributed by atoms with Crippen LogP contribution in [0, 0.1) is 6.92 Å². The maximum atomic E-state index is 13.3.